The summed E-state index contributed by atoms with van der Waals surface area (Å²) < 4.78 is 13.8. The molecule has 0 heterocycles. The molecule has 1 aromatic carbocycles. The Morgan fingerprint density at radius 3 is 2.65 bits per heavy atom. The zero-order valence-electron chi connectivity index (χ0n) is 10.4. The van der Waals surface area contributed by atoms with E-state index in [2.05, 4.69) is 34.7 Å². The first-order valence-corrected chi connectivity index (χ1v) is 6.68. The van der Waals surface area contributed by atoms with Crippen LogP contribution in [-0.2, 0) is 6.54 Å². The van der Waals surface area contributed by atoms with Crippen LogP contribution in [0.25, 0.3) is 0 Å². The van der Waals surface area contributed by atoms with E-state index in [-0.39, 0.29) is 5.82 Å². The number of hydrogen-bond acceptors (Lipinski definition) is 2. The molecule has 0 saturated heterocycles. The molecule has 0 bridgehead atoms. The van der Waals surface area contributed by atoms with Crippen LogP contribution >= 0.6 is 15.9 Å². The lowest BCUT2D eigenvalue weighted by Crippen LogP contribution is -2.32. The van der Waals surface area contributed by atoms with Gasteiger partial charge in [0.1, 0.15) is 5.82 Å². The van der Waals surface area contributed by atoms with Crippen molar-refractivity contribution in [2.24, 2.45) is 11.7 Å². The molecule has 0 unspecified atom stereocenters. The van der Waals surface area contributed by atoms with E-state index in [0.29, 0.717) is 12.5 Å². The van der Waals surface area contributed by atoms with E-state index in [1.165, 1.54) is 12.1 Å². The van der Waals surface area contributed by atoms with Crippen molar-refractivity contribution in [1.29, 1.82) is 0 Å². The minimum atomic E-state index is -0.213. The molecule has 4 heteroatoms. The number of rotatable bonds is 6. The molecular formula is C13H20BrFN2. The van der Waals surface area contributed by atoms with Crippen LogP contribution in [0.4, 0.5) is 4.39 Å². The third kappa shape index (κ3) is 5.15. The standard InChI is InChI=1S/C13H20BrFN2/c1-10(2)8-17(6-5-16)9-11-3-4-12(15)7-13(11)14/h3-4,7,10H,5-6,8-9,16H2,1-2H3. The smallest absolute Gasteiger partial charge is 0.124 e. The Morgan fingerprint density at radius 1 is 1.41 bits per heavy atom. The average Bonchev–Trinajstić information content (AvgIpc) is 2.21. The molecule has 0 fully saturated rings. The van der Waals surface area contributed by atoms with Crippen molar-refractivity contribution >= 4 is 15.9 Å². The average molecular weight is 303 g/mol. The van der Waals surface area contributed by atoms with Gasteiger partial charge in [-0.3, -0.25) is 4.90 Å². The summed E-state index contributed by atoms with van der Waals surface area (Å²) in [6, 6.07) is 4.82. The van der Waals surface area contributed by atoms with Gasteiger partial charge < -0.3 is 5.73 Å². The fourth-order valence-corrected chi connectivity index (χ4v) is 2.30. The maximum absolute atomic E-state index is 13.0. The Morgan fingerprint density at radius 2 is 2.12 bits per heavy atom. The molecule has 2 N–H and O–H groups in total. The molecule has 1 rings (SSSR count). The van der Waals surface area contributed by atoms with Gasteiger partial charge in [0.2, 0.25) is 0 Å². The Hall–Kier alpha value is -0.450. The van der Waals surface area contributed by atoms with Crippen molar-refractivity contribution in [3.63, 3.8) is 0 Å². The van der Waals surface area contributed by atoms with Gasteiger partial charge in [0.05, 0.1) is 0 Å². The van der Waals surface area contributed by atoms with Gasteiger partial charge >= 0.3 is 0 Å². The zero-order chi connectivity index (χ0) is 12.8. The highest BCUT2D eigenvalue weighted by Crippen LogP contribution is 2.20. The largest absolute Gasteiger partial charge is 0.329 e. The molecule has 0 aliphatic heterocycles. The van der Waals surface area contributed by atoms with Gasteiger partial charge in [-0.1, -0.05) is 35.8 Å². The zero-order valence-corrected chi connectivity index (χ0v) is 12.0. The van der Waals surface area contributed by atoms with E-state index in [1.54, 1.807) is 0 Å². The van der Waals surface area contributed by atoms with Crippen LogP contribution in [0.5, 0.6) is 0 Å². The monoisotopic (exact) mass is 302 g/mol. The van der Waals surface area contributed by atoms with E-state index in [0.717, 1.165) is 29.7 Å². The van der Waals surface area contributed by atoms with Crippen molar-refractivity contribution in [2.45, 2.75) is 20.4 Å². The van der Waals surface area contributed by atoms with Crippen LogP contribution in [-0.4, -0.2) is 24.5 Å². The molecule has 96 valence electrons. The predicted octanol–water partition coefficient (Wildman–Crippen LogP) is 3.00. The van der Waals surface area contributed by atoms with Crippen molar-refractivity contribution in [3.8, 4) is 0 Å². The second-order valence-electron chi connectivity index (χ2n) is 4.65. The van der Waals surface area contributed by atoms with Crippen LogP contribution in [0, 0.1) is 11.7 Å². The van der Waals surface area contributed by atoms with E-state index in [1.807, 2.05) is 6.07 Å². The molecule has 0 saturated carbocycles. The maximum Gasteiger partial charge on any atom is 0.124 e. The quantitative estimate of drug-likeness (QED) is 0.875. The van der Waals surface area contributed by atoms with E-state index >= 15 is 0 Å². The van der Waals surface area contributed by atoms with Crippen molar-refractivity contribution in [3.05, 3.63) is 34.1 Å². The fourth-order valence-electron chi connectivity index (χ4n) is 1.82. The topological polar surface area (TPSA) is 29.3 Å². The molecule has 0 aromatic heterocycles. The summed E-state index contributed by atoms with van der Waals surface area (Å²) in [5.41, 5.74) is 6.71. The second-order valence-corrected chi connectivity index (χ2v) is 5.51. The lowest BCUT2D eigenvalue weighted by molar-refractivity contribution is 0.242. The summed E-state index contributed by atoms with van der Waals surface area (Å²) in [5, 5.41) is 0. The van der Waals surface area contributed by atoms with Crippen molar-refractivity contribution < 1.29 is 4.39 Å². The molecule has 1 aromatic rings. The maximum atomic E-state index is 13.0. The van der Waals surface area contributed by atoms with Gasteiger partial charge in [-0.2, -0.15) is 0 Å². The first kappa shape index (κ1) is 14.6. The van der Waals surface area contributed by atoms with Crippen LogP contribution in [0.3, 0.4) is 0 Å². The Bertz CT molecular complexity index is 355. The summed E-state index contributed by atoms with van der Waals surface area (Å²) in [6.45, 7) is 7.68. The fraction of sp³-hybridized carbons (Fsp3) is 0.538. The number of nitrogens with two attached hydrogens (primary N) is 1. The minimum Gasteiger partial charge on any atom is -0.329 e. The summed E-state index contributed by atoms with van der Waals surface area (Å²) in [7, 11) is 0. The first-order valence-electron chi connectivity index (χ1n) is 5.89. The highest BCUT2D eigenvalue weighted by atomic mass is 79.9. The predicted molar refractivity (Wildman–Crippen MR) is 73.3 cm³/mol. The number of benzene rings is 1. The molecule has 0 aliphatic carbocycles. The lowest BCUT2D eigenvalue weighted by atomic mass is 10.1. The van der Waals surface area contributed by atoms with E-state index < -0.39 is 0 Å². The lowest BCUT2D eigenvalue weighted by Gasteiger charge is -2.24. The number of hydrogen-bond donors (Lipinski definition) is 1. The van der Waals surface area contributed by atoms with Crippen LogP contribution in [0.2, 0.25) is 0 Å². The highest BCUT2D eigenvalue weighted by Gasteiger charge is 2.10. The first-order chi connectivity index (χ1) is 8.02. The van der Waals surface area contributed by atoms with Gasteiger partial charge in [-0.25, -0.2) is 4.39 Å². The highest BCUT2D eigenvalue weighted by molar-refractivity contribution is 9.10. The SMILES string of the molecule is CC(C)CN(CCN)Cc1ccc(F)cc1Br. The van der Waals surface area contributed by atoms with Crippen molar-refractivity contribution in [1.82, 2.24) is 4.90 Å². The molecule has 0 aliphatic rings. The van der Waals surface area contributed by atoms with Gasteiger partial charge in [-0.05, 0) is 23.6 Å². The summed E-state index contributed by atoms with van der Waals surface area (Å²) in [6.07, 6.45) is 0. The third-order valence-electron chi connectivity index (χ3n) is 2.48. The summed E-state index contributed by atoms with van der Waals surface area (Å²) >= 11 is 3.40. The summed E-state index contributed by atoms with van der Waals surface area (Å²) in [4.78, 5) is 2.29. The van der Waals surface area contributed by atoms with E-state index in [9.17, 15) is 4.39 Å². The molecule has 0 amide bonds. The molecule has 0 spiro atoms. The molecule has 0 radical (unpaired) electrons. The Kier molecular flexibility index (Phi) is 6.09. The van der Waals surface area contributed by atoms with Gasteiger partial charge in [-0.15, -0.1) is 0 Å². The third-order valence-corrected chi connectivity index (χ3v) is 3.22. The van der Waals surface area contributed by atoms with Gasteiger partial charge in [0.15, 0.2) is 0 Å². The normalized spacial score (nSPS) is 11.5. The van der Waals surface area contributed by atoms with Crippen LogP contribution in [0.1, 0.15) is 19.4 Å². The van der Waals surface area contributed by atoms with Gasteiger partial charge in [0, 0.05) is 30.7 Å². The van der Waals surface area contributed by atoms with Crippen LogP contribution < -0.4 is 5.73 Å². The molecule has 0 atom stereocenters. The number of halogens is 2. The molecular weight excluding hydrogens is 283 g/mol. The Balaban J connectivity index is 2.71. The van der Waals surface area contributed by atoms with Crippen LogP contribution in [0.15, 0.2) is 22.7 Å². The second kappa shape index (κ2) is 7.09. The molecule has 2 nitrogen and oxygen atoms in total. The Labute approximate surface area is 111 Å². The molecule has 17 heavy (non-hydrogen) atoms. The van der Waals surface area contributed by atoms with Gasteiger partial charge in [0.25, 0.3) is 0 Å². The van der Waals surface area contributed by atoms with Crippen molar-refractivity contribution in [2.75, 3.05) is 19.6 Å². The minimum absolute atomic E-state index is 0.213. The summed E-state index contributed by atoms with van der Waals surface area (Å²) in [5.74, 6) is 0.385. The van der Waals surface area contributed by atoms with E-state index in [4.69, 9.17) is 5.73 Å². The number of nitrogens with zero attached hydrogens (tertiary/aromatic N) is 1.